The van der Waals surface area contributed by atoms with Gasteiger partial charge in [-0.15, -0.1) is 0 Å². The van der Waals surface area contributed by atoms with E-state index in [9.17, 15) is 8.42 Å². The third-order valence-electron chi connectivity index (χ3n) is 5.22. The van der Waals surface area contributed by atoms with E-state index < -0.39 is 16.1 Å². The molecule has 0 spiro atoms. The second-order valence-electron chi connectivity index (χ2n) is 7.23. The molecule has 0 saturated heterocycles. The fourth-order valence-electron chi connectivity index (χ4n) is 3.71. The molecule has 0 radical (unpaired) electrons. The Balaban J connectivity index is 1.81. The number of rotatable bonds is 4. The molecular weight excluding hydrogens is 441 g/mol. The van der Waals surface area contributed by atoms with E-state index in [-0.39, 0.29) is 28.1 Å². The molecule has 0 aromatic heterocycles. The van der Waals surface area contributed by atoms with Crippen molar-refractivity contribution < 1.29 is 13.2 Å². The van der Waals surface area contributed by atoms with E-state index in [0.717, 1.165) is 16.7 Å². The van der Waals surface area contributed by atoms with Crippen LogP contribution >= 0.6 is 23.2 Å². The number of fused-ring (bicyclic) bond motifs is 1. The number of benzene rings is 3. The molecule has 1 heterocycles. The Labute approximate surface area is 187 Å². The van der Waals surface area contributed by atoms with Crippen molar-refractivity contribution in [3.8, 4) is 0 Å². The molecule has 1 unspecified atom stereocenters. The Hall–Kier alpha value is -1.89. The molecule has 3 aromatic rings. The Morgan fingerprint density at radius 3 is 2.20 bits per heavy atom. The molecule has 0 fully saturated rings. The van der Waals surface area contributed by atoms with Crippen LogP contribution in [0.3, 0.4) is 0 Å². The van der Waals surface area contributed by atoms with Crippen LogP contribution in [-0.4, -0.2) is 25.4 Å². The highest BCUT2D eigenvalue weighted by molar-refractivity contribution is 7.89. The van der Waals surface area contributed by atoms with Crippen molar-refractivity contribution in [1.29, 1.82) is 0 Å². The number of nitrogens with zero attached hydrogens (tertiary/aromatic N) is 1. The summed E-state index contributed by atoms with van der Waals surface area (Å²) in [5, 5.41) is 0.217. The molecule has 0 bridgehead atoms. The van der Waals surface area contributed by atoms with Crippen LogP contribution in [0.2, 0.25) is 10.0 Å². The molecule has 1 aliphatic rings. The second kappa shape index (κ2) is 9.08. The molecule has 4 rings (SSSR count). The molecule has 0 aliphatic carbocycles. The average Bonchev–Trinajstić information content (AvgIpc) is 2.71. The number of halogens is 2. The molecular formula is C23H21Cl2NO3S. The minimum Gasteiger partial charge on any atom is -0.375 e. The van der Waals surface area contributed by atoms with Gasteiger partial charge >= 0.3 is 0 Å². The molecule has 1 atom stereocenters. The summed E-state index contributed by atoms with van der Waals surface area (Å²) in [6.45, 7) is 0.938. The van der Waals surface area contributed by atoms with Crippen LogP contribution in [0.4, 0.5) is 0 Å². The van der Waals surface area contributed by atoms with Gasteiger partial charge in [0.2, 0.25) is 10.0 Å². The summed E-state index contributed by atoms with van der Waals surface area (Å²) in [5.74, 6) is 0. The maximum Gasteiger partial charge on any atom is 0.246 e. The summed E-state index contributed by atoms with van der Waals surface area (Å²) in [4.78, 5) is -0.0653. The first-order valence-corrected chi connectivity index (χ1v) is 11.8. The Bertz CT molecular complexity index is 1120. The van der Waals surface area contributed by atoms with Gasteiger partial charge in [0.05, 0.1) is 29.3 Å². The quantitative estimate of drug-likeness (QED) is 0.527. The molecule has 0 amide bonds. The highest BCUT2D eigenvalue weighted by Gasteiger charge is 2.36. The van der Waals surface area contributed by atoms with E-state index in [1.165, 1.54) is 4.31 Å². The van der Waals surface area contributed by atoms with Crippen molar-refractivity contribution in [2.75, 3.05) is 6.61 Å². The Morgan fingerprint density at radius 1 is 0.867 bits per heavy atom. The third kappa shape index (κ3) is 4.41. The smallest absolute Gasteiger partial charge is 0.246 e. The minimum atomic E-state index is -3.99. The maximum atomic E-state index is 13.8. The van der Waals surface area contributed by atoms with Gasteiger partial charge in [-0.05, 0) is 35.2 Å². The summed E-state index contributed by atoms with van der Waals surface area (Å²) < 4.78 is 35.0. The molecule has 1 aliphatic heterocycles. The SMILES string of the molecule is O=S(=O)(c1c(Cl)cccc1Cl)N1Cc2ccccc2COCC1Cc1ccccc1. The van der Waals surface area contributed by atoms with Crippen LogP contribution < -0.4 is 0 Å². The first-order valence-electron chi connectivity index (χ1n) is 9.61. The van der Waals surface area contributed by atoms with Crippen molar-refractivity contribution in [3.63, 3.8) is 0 Å². The van der Waals surface area contributed by atoms with Crippen molar-refractivity contribution in [1.82, 2.24) is 4.31 Å². The Kier molecular flexibility index (Phi) is 6.46. The van der Waals surface area contributed by atoms with Crippen LogP contribution in [0, 0.1) is 0 Å². The van der Waals surface area contributed by atoms with E-state index in [0.29, 0.717) is 13.0 Å². The van der Waals surface area contributed by atoms with Crippen LogP contribution in [0.5, 0.6) is 0 Å². The maximum absolute atomic E-state index is 13.8. The predicted octanol–water partition coefficient (Wildman–Crippen LogP) is 5.33. The zero-order valence-corrected chi connectivity index (χ0v) is 18.5. The Morgan fingerprint density at radius 2 is 1.50 bits per heavy atom. The number of sulfonamides is 1. The normalized spacial score (nSPS) is 17.7. The second-order valence-corrected chi connectivity index (χ2v) is 9.87. The van der Waals surface area contributed by atoms with E-state index in [2.05, 4.69) is 0 Å². The zero-order chi connectivity index (χ0) is 21.1. The minimum absolute atomic E-state index is 0.0653. The van der Waals surface area contributed by atoms with Crippen molar-refractivity contribution >= 4 is 33.2 Å². The molecule has 0 saturated carbocycles. The molecule has 3 aromatic carbocycles. The van der Waals surface area contributed by atoms with Gasteiger partial charge in [0.25, 0.3) is 0 Å². The largest absolute Gasteiger partial charge is 0.375 e. The van der Waals surface area contributed by atoms with Crippen LogP contribution in [0.15, 0.2) is 77.7 Å². The predicted molar refractivity (Wildman–Crippen MR) is 119 cm³/mol. The van der Waals surface area contributed by atoms with Gasteiger partial charge in [-0.1, -0.05) is 83.9 Å². The molecule has 4 nitrogen and oxygen atoms in total. The van der Waals surface area contributed by atoms with Gasteiger partial charge in [0.1, 0.15) is 4.90 Å². The lowest BCUT2D eigenvalue weighted by Crippen LogP contribution is -2.45. The molecule has 0 N–H and O–H groups in total. The standard InChI is InChI=1S/C23H21Cl2NO3S/c24-21-11-6-12-22(25)23(21)30(27,28)26-14-18-9-4-5-10-19(18)15-29-16-20(26)13-17-7-2-1-3-8-17/h1-12,20H,13-16H2. The topological polar surface area (TPSA) is 46.6 Å². The van der Waals surface area contributed by atoms with Crippen LogP contribution in [-0.2, 0) is 34.3 Å². The summed E-state index contributed by atoms with van der Waals surface area (Å²) in [5.41, 5.74) is 2.91. The first kappa shape index (κ1) is 21.3. The van der Waals surface area contributed by atoms with E-state index in [1.54, 1.807) is 18.2 Å². The molecule has 30 heavy (non-hydrogen) atoms. The highest BCUT2D eigenvalue weighted by atomic mass is 35.5. The van der Waals surface area contributed by atoms with Gasteiger partial charge in [-0.25, -0.2) is 8.42 Å². The average molecular weight is 462 g/mol. The fourth-order valence-corrected chi connectivity index (χ4v) is 6.39. The van der Waals surface area contributed by atoms with Crippen molar-refractivity contribution in [2.45, 2.75) is 30.5 Å². The van der Waals surface area contributed by atoms with Gasteiger partial charge < -0.3 is 4.74 Å². The van der Waals surface area contributed by atoms with Crippen LogP contribution in [0.1, 0.15) is 16.7 Å². The fraction of sp³-hybridized carbons (Fsp3) is 0.217. The highest BCUT2D eigenvalue weighted by Crippen LogP contribution is 2.34. The van der Waals surface area contributed by atoms with Gasteiger partial charge in [0, 0.05) is 6.54 Å². The lowest BCUT2D eigenvalue weighted by molar-refractivity contribution is 0.0674. The van der Waals surface area contributed by atoms with Gasteiger partial charge in [-0.2, -0.15) is 4.31 Å². The molecule has 156 valence electrons. The summed E-state index contributed by atoms with van der Waals surface area (Å²) in [7, 11) is -3.99. The van der Waals surface area contributed by atoms with Crippen molar-refractivity contribution in [3.05, 3.63) is 99.5 Å². The lowest BCUT2D eigenvalue weighted by Gasteiger charge is -2.34. The monoisotopic (exact) mass is 461 g/mol. The van der Waals surface area contributed by atoms with Crippen molar-refractivity contribution in [2.24, 2.45) is 0 Å². The zero-order valence-electron chi connectivity index (χ0n) is 16.2. The van der Waals surface area contributed by atoms with Gasteiger partial charge in [-0.3, -0.25) is 0 Å². The number of hydrogen-bond donors (Lipinski definition) is 0. The van der Waals surface area contributed by atoms with E-state index >= 15 is 0 Å². The third-order valence-corrected chi connectivity index (χ3v) is 8.07. The first-order chi connectivity index (χ1) is 14.5. The lowest BCUT2D eigenvalue weighted by atomic mass is 10.0. The molecule has 7 heteroatoms. The number of ether oxygens (including phenoxy) is 1. The van der Waals surface area contributed by atoms with Crippen LogP contribution in [0.25, 0.3) is 0 Å². The summed E-state index contributed by atoms with van der Waals surface area (Å²) in [6.07, 6.45) is 0.518. The van der Waals surface area contributed by atoms with E-state index in [1.807, 2.05) is 54.6 Å². The summed E-state index contributed by atoms with van der Waals surface area (Å²) in [6, 6.07) is 21.8. The van der Waals surface area contributed by atoms with Gasteiger partial charge in [0.15, 0.2) is 0 Å². The summed E-state index contributed by atoms with van der Waals surface area (Å²) >= 11 is 12.6. The number of hydrogen-bond acceptors (Lipinski definition) is 3. The van der Waals surface area contributed by atoms with E-state index in [4.69, 9.17) is 27.9 Å².